The van der Waals surface area contributed by atoms with E-state index in [0.29, 0.717) is 5.69 Å². The van der Waals surface area contributed by atoms with Crippen LogP contribution in [0.3, 0.4) is 0 Å². The maximum atomic E-state index is 12.2. The molecule has 8 heteroatoms. The lowest BCUT2D eigenvalue weighted by Crippen LogP contribution is -2.51. The smallest absolute Gasteiger partial charge is 0.273 e. The number of H-pyrrole nitrogens is 1. The number of nitrogens with two attached hydrogens (primary N) is 1. The lowest BCUT2D eigenvalue weighted by atomic mass is 9.78. The maximum absolute atomic E-state index is 12.2. The number of carbonyl (C=O) groups excluding carboxylic acids is 1. The molecule has 0 saturated heterocycles. The normalized spacial score (nSPS) is 17.9. The summed E-state index contributed by atoms with van der Waals surface area (Å²) in [6.07, 6.45) is 2.81. The monoisotopic (exact) mass is 300 g/mol. The van der Waals surface area contributed by atoms with Crippen LogP contribution in [-0.2, 0) is 10.0 Å². The molecule has 7 nitrogen and oxygen atoms in total. The Balaban J connectivity index is 2.39. The molecule has 0 aromatic carbocycles. The number of amides is 1. The number of hydrogen-bond donors (Lipinski definition) is 3. The highest BCUT2D eigenvalue weighted by Crippen LogP contribution is 2.32. The number of primary sulfonamides is 1. The van der Waals surface area contributed by atoms with Gasteiger partial charge in [-0.15, -0.1) is 0 Å². The molecule has 1 saturated carbocycles. The summed E-state index contributed by atoms with van der Waals surface area (Å²) in [6, 6.07) is 0. The molecule has 1 heterocycles. The fourth-order valence-corrected chi connectivity index (χ4v) is 3.34. The number of carbonyl (C=O) groups is 1. The minimum Gasteiger partial charge on any atom is -0.345 e. The Labute approximate surface area is 118 Å². The number of hydrogen-bond acceptors (Lipinski definition) is 4. The van der Waals surface area contributed by atoms with Gasteiger partial charge >= 0.3 is 0 Å². The highest BCUT2D eigenvalue weighted by Gasteiger charge is 2.36. The van der Waals surface area contributed by atoms with E-state index in [0.717, 1.165) is 19.3 Å². The van der Waals surface area contributed by atoms with Crippen molar-refractivity contribution in [3.63, 3.8) is 0 Å². The lowest BCUT2D eigenvalue weighted by Gasteiger charge is -2.38. The molecule has 1 aromatic rings. The summed E-state index contributed by atoms with van der Waals surface area (Å²) >= 11 is 0. The van der Waals surface area contributed by atoms with Crippen LogP contribution in [0.4, 0.5) is 0 Å². The maximum Gasteiger partial charge on any atom is 0.273 e. The van der Waals surface area contributed by atoms with E-state index in [2.05, 4.69) is 15.5 Å². The molecule has 1 aromatic heterocycles. The number of rotatable bonds is 4. The van der Waals surface area contributed by atoms with Gasteiger partial charge in [0.15, 0.2) is 5.69 Å². The molecule has 0 spiro atoms. The Hall–Kier alpha value is -1.41. The second kappa shape index (κ2) is 4.85. The molecule has 1 aliphatic carbocycles. The minimum atomic E-state index is -4.01. The zero-order valence-corrected chi connectivity index (χ0v) is 12.7. The Morgan fingerprint density at radius 3 is 2.45 bits per heavy atom. The van der Waals surface area contributed by atoms with E-state index in [-0.39, 0.29) is 22.0 Å². The second-order valence-corrected chi connectivity index (χ2v) is 7.38. The van der Waals surface area contributed by atoms with Crippen LogP contribution >= 0.6 is 0 Å². The van der Waals surface area contributed by atoms with Gasteiger partial charge in [-0.1, -0.05) is 13.8 Å². The summed E-state index contributed by atoms with van der Waals surface area (Å²) in [5, 5.41) is 14.5. The molecule has 1 aliphatic rings. The van der Waals surface area contributed by atoms with Gasteiger partial charge in [0.25, 0.3) is 5.91 Å². The third-order valence-corrected chi connectivity index (χ3v) is 4.68. The van der Waals surface area contributed by atoms with E-state index >= 15 is 0 Å². The van der Waals surface area contributed by atoms with E-state index in [1.165, 1.54) is 0 Å². The van der Waals surface area contributed by atoms with Gasteiger partial charge < -0.3 is 5.32 Å². The van der Waals surface area contributed by atoms with Crippen molar-refractivity contribution in [1.82, 2.24) is 15.5 Å². The molecule has 1 fully saturated rings. The average molecular weight is 300 g/mol. The van der Waals surface area contributed by atoms with Gasteiger partial charge in [0.1, 0.15) is 4.90 Å². The molecule has 1 amide bonds. The fourth-order valence-electron chi connectivity index (χ4n) is 2.34. The van der Waals surface area contributed by atoms with Crippen LogP contribution in [0.5, 0.6) is 0 Å². The van der Waals surface area contributed by atoms with Crippen LogP contribution in [0.15, 0.2) is 4.90 Å². The Morgan fingerprint density at radius 1 is 1.45 bits per heavy atom. The quantitative estimate of drug-likeness (QED) is 0.764. The van der Waals surface area contributed by atoms with E-state index < -0.39 is 15.9 Å². The predicted octanol–water partition coefficient (Wildman–Crippen LogP) is 0.853. The molecule has 2 rings (SSSR count). The van der Waals surface area contributed by atoms with Crippen molar-refractivity contribution < 1.29 is 13.2 Å². The Kier molecular flexibility index (Phi) is 3.64. The van der Waals surface area contributed by atoms with Crippen LogP contribution in [0.1, 0.15) is 62.1 Å². The van der Waals surface area contributed by atoms with Crippen molar-refractivity contribution >= 4 is 15.9 Å². The van der Waals surface area contributed by atoms with Gasteiger partial charge in [0.05, 0.1) is 5.69 Å². The first-order chi connectivity index (χ1) is 9.14. The van der Waals surface area contributed by atoms with Gasteiger partial charge in [-0.05, 0) is 32.1 Å². The van der Waals surface area contributed by atoms with Crippen molar-refractivity contribution in [2.75, 3.05) is 0 Å². The van der Waals surface area contributed by atoms with Crippen LogP contribution < -0.4 is 10.5 Å². The van der Waals surface area contributed by atoms with Gasteiger partial charge in [-0.25, -0.2) is 13.6 Å². The fraction of sp³-hybridized carbons (Fsp3) is 0.667. The number of nitrogens with zero attached hydrogens (tertiary/aromatic N) is 1. The molecular weight excluding hydrogens is 280 g/mol. The Bertz CT molecular complexity index is 629. The molecule has 20 heavy (non-hydrogen) atoms. The molecule has 0 unspecified atom stereocenters. The second-order valence-electron chi connectivity index (χ2n) is 5.88. The Morgan fingerprint density at radius 2 is 2.05 bits per heavy atom. The van der Waals surface area contributed by atoms with Crippen molar-refractivity contribution in [1.29, 1.82) is 0 Å². The predicted molar refractivity (Wildman–Crippen MR) is 73.8 cm³/mol. The van der Waals surface area contributed by atoms with E-state index in [4.69, 9.17) is 5.14 Å². The first-order valence-electron chi connectivity index (χ1n) is 6.57. The molecule has 4 N–H and O–H groups in total. The number of nitrogens with one attached hydrogen (secondary N) is 2. The highest BCUT2D eigenvalue weighted by molar-refractivity contribution is 7.89. The van der Waals surface area contributed by atoms with Gasteiger partial charge in [0.2, 0.25) is 10.0 Å². The summed E-state index contributed by atoms with van der Waals surface area (Å²) in [5.74, 6) is -0.629. The number of aromatic amines is 1. The third-order valence-electron chi connectivity index (χ3n) is 3.70. The molecule has 0 atom stereocenters. The van der Waals surface area contributed by atoms with Gasteiger partial charge in [-0.3, -0.25) is 9.89 Å². The van der Waals surface area contributed by atoms with Crippen molar-refractivity contribution in [3.8, 4) is 0 Å². The standard InChI is InChI=1S/C12H20N4O3S/c1-7(2)8-10(20(13,18)19)9(16-15-8)11(17)14-12(3)5-4-6-12/h7H,4-6H2,1-3H3,(H,14,17)(H,15,16)(H2,13,18,19). The van der Waals surface area contributed by atoms with Crippen LogP contribution in [0.25, 0.3) is 0 Å². The first-order valence-corrected chi connectivity index (χ1v) is 8.12. The van der Waals surface area contributed by atoms with Crippen LogP contribution in [-0.4, -0.2) is 30.1 Å². The SMILES string of the molecule is CC(C)c1[nH]nc(C(=O)NC2(C)CCC2)c1S(N)(=O)=O. The third kappa shape index (κ3) is 2.71. The molecule has 0 aliphatic heterocycles. The van der Waals surface area contributed by atoms with Gasteiger partial charge in [-0.2, -0.15) is 5.10 Å². The van der Waals surface area contributed by atoms with Crippen molar-refractivity contribution in [2.45, 2.75) is 56.4 Å². The summed E-state index contributed by atoms with van der Waals surface area (Å²) in [6.45, 7) is 5.54. The molecular formula is C12H20N4O3S. The number of sulfonamides is 1. The zero-order valence-electron chi connectivity index (χ0n) is 11.9. The highest BCUT2D eigenvalue weighted by atomic mass is 32.2. The van der Waals surface area contributed by atoms with Gasteiger partial charge in [0, 0.05) is 5.54 Å². The van der Waals surface area contributed by atoms with Crippen LogP contribution in [0, 0.1) is 0 Å². The molecule has 0 bridgehead atoms. The first kappa shape index (κ1) is 15.0. The van der Waals surface area contributed by atoms with Crippen molar-refractivity contribution in [2.24, 2.45) is 5.14 Å². The van der Waals surface area contributed by atoms with E-state index in [9.17, 15) is 13.2 Å². The largest absolute Gasteiger partial charge is 0.345 e. The topological polar surface area (TPSA) is 118 Å². The zero-order chi connectivity index (χ0) is 15.1. The van der Waals surface area contributed by atoms with Crippen molar-refractivity contribution in [3.05, 3.63) is 11.4 Å². The summed E-state index contributed by atoms with van der Waals surface area (Å²) in [7, 11) is -4.01. The molecule has 0 radical (unpaired) electrons. The lowest BCUT2D eigenvalue weighted by molar-refractivity contribution is 0.0841. The molecule has 112 valence electrons. The summed E-state index contributed by atoms with van der Waals surface area (Å²) in [5.41, 5.74) is -0.0651. The van der Waals surface area contributed by atoms with E-state index in [1.807, 2.05) is 6.92 Å². The summed E-state index contributed by atoms with van der Waals surface area (Å²) in [4.78, 5) is 12.0. The minimum absolute atomic E-state index is 0.128. The summed E-state index contributed by atoms with van der Waals surface area (Å²) < 4.78 is 23.5. The number of aromatic nitrogens is 2. The average Bonchev–Trinajstić information content (AvgIpc) is 2.70. The van der Waals surface area contributed by atoms with E-state index in [1.54, 1.807) is 13.8 Å². The van der Waals surface area contributed by atoms with Crippen LogP contribution in [0.2, 0.25) is 0 Å².